The van der Waals surface area contributed by atoms with Gasteiger partial charge in [-0.2, -0.15) is 0 Å². The van der Waals surface area contributed by atoms with Gasteiger partial charge >= 0.3 is 0 Å². The molecule has 0 saturated carbocycles. The number of nitrogens with two attached hydrogens (primary N) is 1. The Balaban J connectivity index is 1.76. The number of amides is 1. The topological polar surface area (TPSA) is 46.3 Å². The Kier molecular flexibility index (Phi) is 3.91. The van der Waals surface area contributed by atoms with Crippen LogP contribution in [-0.2, 0) is 6.42 Å². The second-order valence-corrected chi connectivity index (χ2v) is 5.61. The maximum absolute atomic E-state index is 12.7. The summed E-state index contributed by atoms with van der Waals surface area (Å²) in [6.07, 6.45) is 3.07. The molecule has 0 spiro atoms. The van der Waals surface area contributed by atoms with Gasteiger partial charge in [-0.15, -0.1) is 0 Å². The van der Waals surface area contributed by atoms with Crippen molar-refractivity contribution in [3.05, 3.63) is 65.7 Å². The van der Waals surface area contributed by atoms with Crippen molar-refractivity contribution < 1.29 is 4.79 Å². The largest absolute Gasteiger partial charge is 0.399 e. The molecule has 3 rings (SSSR count). The molecule has 0 bridgehead atoms. The molecule has 0 aliphatic carbocycles. The van der Waals surface area contributed by atoms with Gasteiger partial charge in [0.15, 0.2) is 0 Å². The third-order valence-electron chi connectivity index (χ3n) is 4.09. The lowest BCUT2D eigenvalue weighted by Crippen LogP contribution is -2.36. The molecule has 3 heteroatoms. The highest BCUT2D eigenvalue weighted by atomic mass is 16.2. The molecule has 0 radical (unpaired) electrons. The van der Waals surface area contributed by atoms with E-state index in [9.17, 15) is 4.79 Å². The van der Waals surface area contributed by atoms with Gasteiger partial charge in [-0.1, -0.05) is 36.4 Å². The fourth-order valence-electron chi connectivity index (χ4n) is 3.04. The van der Waals surface area contributed by atoms with E-state index < -0.39 is 0 Å². The van der Waals surface area contributed by atoms with Crippen LogP contribution in [0.5, 0.6) is 0 Å². The number of nitrogens with zero attached hydrogens (tertiary/aromatic N) is 1. The normalized spacial score (nSPS) is 17.9. The second kappa shape index (κ2) is 6.00. The quantitative estimate of drug-likeness (QED) is 0.878. The fourth-order valence-corrected chi connectivity index (χ4v) is 3.04. The molecule has 2 aromatic rings. The van der Waals surface area contributed by atoms with Crippen molar-refractivity contribution in [2.75, 3.05) is 12.3 Å². The van der Waals surface area contributed by atoms with Crippen LogP contribution in [-0.4, -0.2) is 23.4 Å². The van der Waals surface area contributed by atoms with Crippen LogP contribution < -0.4 is 5.73 Å². The standard InChI is InChI=1S/C18H20N2O/c19-16-9-4-8-15(13-16)18(21)20-11-5-10-17(20)12-14-6-2-1-3-7-14/h1-4,6-9,13,17H,5,10-12,19H2. The van der Waals surface area contributed by atoms with Crippen LogP contribution >= 0.6 is 0 Å². The summed E-state index contributed by atoms with van der Waals surface area (Å²) in [4.78, 5) is 14.7. The van der Waals surface area contributed by atoms with E-state index >= 15 is 0 Å². The lowest BCUT2D eigenvalue weighted by molar-refractivity contribution is 0.0736. The summed E-state index contributed by atoms with van der Waals surface area (Å²) in [5.41, 5.74) is 8.40. The van der Waals surface area contributed by atoms with E-state index in [1.807, 2.05) is 41.3 Å². The van der Waals surface area contributed by atoms with E-state index in [2.05, 4.69) is 12.1 Å². The van der Waals surface area contributed by atoms with Crippen LogP contribution in [0.4, 0.5) is 5.69 Å². The number of benzene rings is 2. The van der Waals surface area contributed by atoms with Crippen molar-refractivity contribution in [2.24, 2.45) is 0 Å². The van der Waals surface area contributed by atoms with E-state index in [4.69, 9.17) is 5.73 Å². The Bertz CT molecular complexity index is 624. The monoisotopic (exact) mass is 280 g/mol. The number of rotatable bonds is 3. The van der Waals surface area contributed by atoms with Gasteiger partial charge in [0.05, 0.1) is 0 Å². The Morgan fingerprint density at radius 2 is 1.95 bits per heavy atom. The van der Waals surface area contributed by atoms with E-state index in [0.717, 1.165) is 25.8 Å². The Hall–Kier alpha value is -2.29. The zero-order chi connectivity index (χ0) is 14.7. The van der Waals surface area contributed by atoms with Gasteiger partial charge in [0.1, 0.15) is 0 Å². The van der Waals surface area contributed by atoms with Gasteiger partial charge < -0.3 is 10.6 Å². The number of carbonyl (C=O) groups is 1. The first kappa shape index (κ1) is 13.7. The molecule has 108 valence electrons. The third kappa shape index (κ3) is 3.07. The fraction of sp³-hybridized carbons (Fsp3) is 0.278. The molecule has 2 aromatic carbocycles. The van der Waals surface area contributed by atoms with E-state index in [1.54, 1.807) is 6.07 Å². The van der Waals surface area contributed by atoms with Gasteiger partial charge in [0, 0.05) is 23.8 Å². The van der Waals surface area contributed by atoms with Crippen LogP contribution in [0.25, 0.3) is 0 Å². The predicted octanol–water partition coefficient (Wildman–Crippen LogP) is 3.12. The van der Waals surface area contributed by atoms with Gasteiger partial charge in [0.25, 0.3) is 5.91 Å². The summed E-state index contributed by atoms with van der Waals surface area (Å²) in [7, 11) is 0. The van der Waals surface area contributed by atoms with Crippen LogP contribution in [0.3, 0.4) is 0 Å². The Morgan fingerprint density at radius 3 is 2.71 bits per heavy atom. The van der Waals surface area contributed by atoms with Crippen LogP contribution in [0.2, 0.25) is 0 Å². The molecule has 21 heavy (non-hydrogen) atoms. The molecule has 0 aromatic heterocycles. The minimum Gasteiger partial charge on any atom is -0.399 e. The van der Waals surface area contributed by atoms with E-state index in [0.29, 0.717) is 17.3 Å². The molecule has 1 aliphatic heterocycles. The van der Waals surface area contributed by atoms with Crippen molar-refractivity contribution in [3.8, 4) is 0 Å². The number of hydrogen-bond acceptors (Lipinski definition) is 2. The first-order valence-corrected chi connectivity index (χ1v) is 7.44. The minimum atomic E-state index is 0.0979. The van der Waals surface area contributed by atoms with E-state index in [1.165, 1.54) is 5.56 Å². The zero-order valence-corrected chi connectivity index (χ0v) is 12.0. The minimum absolute atomic E-state index is 0.0979. The molecule has 1 heterocycles. The lowest BCUT2D eigenvalue weighted by atomic mass is 10.0. The molecular weight excluding hydrogens is 260 g/mol. The van der Waals surface area contributed by atoms with Crippen molar-refractivity contribution >= 4 is 11.6 Å². The van der Waals surface area contributed by atoms with Crippen molar-refractivity contribution in [2.45, 2.75) is 25.3 Å². The van der Waals surface area contributed by atoms with Crippen molar-refractivity contribution in [1.82, 2.24) is 4.90 Å². The molecule has 1 unspecified atom stereocenters. The third-order valence-corrected chi connectivity index (χ3v) is 4.09. The summed E-state index contributed by atoms with van der Waals surface area (Å²) in [5, 5.41) is 0. The number of carbonyl (C=O) groups excluding carboxylic acids is 1. The average molecular weight is 280 g/mol. The van der Waals surface area contributed by atoms with Crippen molar-refractivity contribution in [1.29, 1.82) is 0 Å². The second-order valence-electron chi connectivity index (χ2n) is 5.61. The molecular formula is C18H20N2O. The predicted molar refractivity (Wildman–Crippen MR) is 85.1 cm³/mol. The van der Waals surface area contributed by atoms with Gasteiger partial charge in [-0.25, -0.2) is 0 Å². The molecule has 1 amide bonds. The summed E-state index contributed by atoms with van der Waals surface area (Å²) >= 11 is 0. The average Bonchev–Trinajstić information content (AvgIpc) is 2.95. The summed E-state index contributed by atoms with van der Waals surface area (Å²) in [6, 6.07) is 17.9. The number of hydrogen-bond donors (Lipinski definition) is 1. The van der Waals surface area contributed by atoms with Crippen LogP contribution in [0, 0.1) is 0 Å². The highest BCUT2D eigenvalue weighted by Crippen LogP contribution is 2.23. The Morgan fingerprint density at radius 1 is 1.14 bits per heavy atom. The molecule has 1 fully saturated rings. The first-order valence-electron chi connectivity index (χ1n) is 7.44. The van der Waals surface area contributed by atoms with Crippen LogP contribution in [0.15, 0.2) is 54.6 Å². The smallest absolute Gasteiger partial charge is 0.254 e. The first-order chi connectivity index (χ1) is 10.2. The number of likely N-dealkylation sites (tertiary alicyclic amines) is 1. The highest BCUT2D eigenvalue weighted by molar-refractivity contribution is 5.95. The number of anilines is 1. The summed E-state index contributed by atoms with van der Waals surface area (Å²) in [6.45, 7) is 0.838. The Labute approximate surface area is 125 Å². The molecule has 1 atom stereocenters. The highest BCUT2D eigenvalue weighted by Gasteiger charge is 2.29. The lowest BCUT2D eigenvalue weighted by Gasteiger charge is -2.25. The molecule has 1 saturated heterocycles. The van der Waals surface area contributed by atoms with Gasteiger partial charge in [-0.05, 0) is 43.0 Å². The maximum atomic E-state index is 12.7. The summed E-state index contributed by atoms with van der Waals surface area (Å²) in [5.74, 6) is 0.0979. The maximum Gasteiger partial charge on any atom is 0.254 e. The van der Waals surface area contributed by atoms with Gasteiger partial charge in [-0.3, -0.25) is 4.79 Å². The zero-order valence-electron chi connectivity index (χ0n) is 12.0. The van der Waals surface area contributed by atoms with Crippen molar-refractivity contribution in [3.63, 3.8) is 0 Å². The van der Waals surface area contributed by atoms with Gasteiger partial charge in [0.2, 0.25) is 0 Å². The molecule has 3 nitrogen and oxygen atoms in total. The SMILES string of the molecule is Nc1cccc(C(=O)N2CCCC2Cc2ccccc2)c1. The number of nitrogen functional groups attached to an aromatic ring is 1. The molecule has 2 N–H and O–H groups in total. The molecule has 1 aliphatic rings. The van der Waals surface area contributed by atoms with Crippen LogP contribution in [0.1, 0.15) is 28.8 Å². The van der Waals surface area contributed by atoms with E-state index in [-0.39, 0.29) is 5.91 Å². The summed E-state index contributed by atoms with van der Waals surface area (Å²) < 4.78 is 0.